The second-order valence-corrected chi connectivity index (χ2v) is 4.70. The molecule has 0 unspecified atom stereocenters. The number of nitrogens with one attached hydrogen (secondary N) is 1. The van der Waals surface area contributed by atoms with E-state index in [1.165, 1.54) is 0 Å². The Labute approximate surface area is 127 Å². The molecule has 0 aliphatic carbocycles. The fourth-order valence-corrected chi connectivity index (χ4v) is 2.08. The number of halogens is 1. The maximum atomic E-state index is 11.3. The van der Waals surface area contributed by atoms with Crippen LogP contribution in [0.1, 0.15) is 24.2 Å². The second-order valence-electron chi connectivity index (χ2n) is 4.29. The van der Waals surface area contributed by atoms with Gasteiger partial charge in [-0.25, -0.2) is 0 Å². The van der Waals surface area contributed by atoms with Crippen LogP contribution in [0.15, 0.2) is 22.7 Å². The summed E-state index contributed by atoms with van der Waals surface area (Å²) in [6.07, 6.45) is 0.491. The molecule has 0 aliphatic rings. The summed E-state index contributed by atoms with van der Waals surface area (Å²) in [4.78, 5) is 15.4. The molecule has 1 heterocycles. The van der Waals surface area contributed by atoms with Crippen LogP contribution >= 0.6 is 11.6 Å². The largest absolute Gasteiger partial charge is 0.492 e. The highest BCUT2D eigenvalue weighted by Gasteiger charge is 2.14. The molecule has 1 aromatic heterocycles. The molecule has 112 valence electrons. The van der Waals surface area contributed by atoms with Crippen molar-refractivity contribution < 1.29 is 14.1 Å². The Kier molecular flexibility index (Phi) is 5.16. The van der Waals surface area contributed by atoms with Crippen molar-refractivity contribution in [2.45, 2.75) is 19.8 Å². The van der Waals surface area contributed by atoms with Crippen LogP contribution in [-0.2, 0) is 17.6 Å². The van der Waals surface area contributed by atoms with E-state index in [-0.39, 0.29) is 12.3 Å². The molecule has 6 nitrogen and oxygen atoms in total. The average molecular weight is 310 g/mol. The van der Waals surface area contributed by atoms with Crippen molar-refractivity contribution in [2.75, 3.05) is 13.7 Å². The zero-order valence-electron chi connectivity index (χ0n) is 11.9. The van der Waals surface area contributed by atoms with Crippen LogP contribution in [0, 0.1) is 0 Å². The number of likely N-dealkylation sites (N-methyl/N-ethyl adjacent to an activating group) is 1. The minimum Gasteiger partial charge on any atom is -0.492 e. The van der Waals surface area contributed by atoms with Gasteiger partial charge in [0.1, 0.15) is 5.75 Å². The molecule has 1 aromatic carbocycles. The van der Waals surface area contributed by atoms with Crippen LogP contribution in [-0.4, -0.2) is 29.7 Å². The highest BCUT2D eigenvalue weighted by atomic mass is 35.5. The second kappa shape index (κ2) is 7.08. The standard InChI is InChI=1S/C14H16ClN3O3/c1-3-20-14-9(5-4-6-10(14)15)7-13-17-11(18-21-13)8-12(19)16-2/h4-6H,3,7-8H2,1-2H3,(H,16,19). The molecule has 21 heavy (non-hydrogen) atoms. The third kappa shape index (κ3) is 3.95. The molecular formula is C14H16ClN3O3. The topological polar surface area (TPSA) is 77.2 Å². The summed E-state index contributed by atoms with van der Waals surface area (Å²) in [5, 5.41) is 6.83. The van der Waals surface area contributed by atoms with Gasteiger partial charge in [-0.05, 0) is 13.0 Å². The molecule has 0 aliphatic heterocycles. The van der Waals surface area contributed by atoms with Gasteiger partial charge in [0, 0.05) is 12.6 Å². The molecule has 1 amide bonds. The van der Waals surface area contributed by atoms with Gasteiger partial charge in [0.25, 0.3) is 0 Å². The number of nitrogens with zero attached hydrogens (tertiary/aromatic N) is 2. The molecule has 0 atom stereocenters. The summed E-state index contributed by atoms with van der Waals surface area (Å²) in [6, 6.07) is 5.49. The number of carbonyl (C=O) groups excluding carboxylic acids is 1. The molecule has 0 bridgehead atoms. The third-order valence-corrected chi connectivity index (χ3v) is 3.08. The molecule has 7 heteroatoms. The number of carbonyl (C=O) groups is 1. The Morgan fingerprint density at radius 3 is 3.00 bits per heavy atom. The number of benzene rings is 1. The predicted octanol–water partition coefficient (Wildman–Crippen LogP) is 2.00. The van der Waals surface area contributed by atoms with Gasteiger partial charge >= 0.3 is 0 Å². The number of ether oxygens (including phenoxy) is 1. The van der Waals surface area contributed by atoms with Gasteiger partial charge in [-0.1, -0.05) is 28.9 Å². The first-order chi connectivity index (χ1) is 10.1. The third-order valence-electron chi connectivity index (χ3n) is 2.79. The van der Waals surface area contributed by atoms with E-state index in [2.05, 4.69) is 15.5 Å². The fraction of sp³-hybridized carbons (Fsp3) is 0.357. The summed E-state index contributed by atoms with van der Waals surface area (Å²) in [5.41, 5.74) is 0.861. The number of aromatic nitrogens is 2. The van der Waals surface area contributed by atoms with E-state index in [0.717, 1.165) is 5.56 Å². The van der Waals surface area contributed by atoms with Crippen molar-refractivity contribution in [1.29, 1.82) is 0 Å². The Hall–Kier alpha value is -2.08. The van der Waals surface area contributed by atoms with Crippen LogP contribution in [0.25, 0.3) is 0 Å². The van der Waals surface area contributed by atoms with E-state index in [0.29, 0.717) is 35.5 Å². The normalized spacial score (nSPS) is 10.4. The minimum absolute atomic E-state index is 0.0911. The lowest BCUT2D eigenvalue weighted by Crippen LogP contribution is -2.20. The summed E-state index contributed by atoms with van der Waals surface area (Å²) >= 11 is 6.12. The number of rotatable bonds is 6. The molecule has 2 rings (SSSR count). The molecule has 0 spiro atoms. The van der Waals surface area contributed by atoms with E-state index >= 15 is 0 Å². The summed E-state index contributed by atoms with van der Waals surface area (Å²) in [6.45, 7) is 2.41. The van der Waals surface area contributed by atoms with Crippen molar-refractivity contribution >= 4 is 17.5 Å². The highest BCUT2D eigenvalue weighted by molar-refractivity contribution is 6.32. The van der Waals surface area contributed by atoms with Crippen LogP contribution < -0.4 is 10.1 Å². The number of amides is 1. The summed E-state index contributed by atoms with van der Waals surface area (Å²) in [5.74, 6) is 1.22. The van der Waals surface area contributed by atoms with Crippen LogP contribution in [0.5, 0.6) is 5.75 Å². The van der Waals surface area contributed by atoms with Crippen molar-refractivity contribution in [3.05, 3.63) is 40.5 Å². The molecule has 0 saturated carbocycles. The van der Waals surface area contributed by atoms with Gasteiger partial charge < -0.3 is 14.6 Å². The van der Waals surface area contributed by atoms with Gasteiger partial charge in [0.2, 0.25) is 11.8 Å². The molecule has 1 N–H and O–H groups in total. The zero-order chi connectivity index (χ0) is 15.2. The van der Waals surface area contributed by atoms with Crippen LogP contribution in [0.3, 0.4) is 0 Å². The monoisotopic (exact) mass is 309 g/mol. The van der Waals surface area contributed by atoms with Crippen molar-refractivity contribution in [3.8, 4) is 5.75 Å². The average Bonchev–Trinajstić information content (AvgIpc) is 2.89. The van der Waals surface area contributed by atoms with Gasteiger partial charge in [0.15, 0.2) is 5.82 Å². The summed E-state index contributed by atoms with van der Waals surface area (Å²) in [7, 11) is 1.56. The molecule has 0 saturated heterocycles. The van der Waals surface area contributed by atoms with Crippen LogP contribution in [0.2, 0.25) is 5.02 Å². The Morgan fingerprint density at radius 2 is 2.29 bits per heavy atom. The lowest BCUT2D eigenvalue weighted by atomic mass is 10.1. The molecular weight excluding hydrogens is 294 g/mol. The Balaban J connectivity index is 2.15. The van der Waals surface area contributed by atoms with Gasteiger partial charge in [-0.15, -0.1) is 0 Å². The summed E-state index contributed by atoms with van der Waals surface area (Å²) < 4.78 is 10.7. The molecule has 0 radical (unpaired) electrons. The van der Waals surface area contributed by atoms with Crippen molar-refractivity contribution in [3.63, 3.8) is 0 Å². The Morgan fingerprint density at radius 1 is 1.48 bits per heavy atom. The lowest BCUT2D eigenvalue weighted by Gasteiger charge is -2.10. The number of para-hydroxylation sites is 1. The fourth-order valence-electron chi connectivity index (χ4n) is 1.83. The first-order valence-electron chi connectivity index (χ1n) is 6.56. The van der Waals surface area contributed by atoms with E-state index < -0.39 is 0 Å². The van der Waals surface area contributed by atoms with E-state index in [1.807, 2.05) is 19.1 Å². The van der Waals surface area contributed by atoms with Crippen molar-refractivity contribution in [2.24, 2.45) is 0 Å². The number of hydrogen-bond acceptors (Lipinski definition) is 5. The molecule has 0 fully saturated rings. The van der Waals surface area contributed by atoms with Crippen molar-refractivity contribution in [1.82, 2.24) is 15.5 Å². The maximum absolute atomic E-state index is 11.3. The minimum atomic E-state index is -0.167. The Bertz CT molecular complexity index is 628. The quantitative estimate of drug-likeness (QED) is 0.883. The van der Waals surface area contributed by atoms with E-state index in [1.54, 1.807) is 13.1 Å². The first-order valence-corrected chi connectivity index (χ1v) is 6.94. The molecule has 2 aromatic rings. The van der Waals surface area contributed by atoms with Gasteiger partial charge in [0.05, 0.1) is 24.5 Å². The maximum Gasteiger partial charge on any atom is 0.231 e. The van der Waals surface area contributed by atoms with Gasteiger partial charge in [-0.2, -0.15) is 4.98 Å². The van der Waals surface area contributed by atoms with Crippen LogP contribution in [0.4, 0.5) is 0 Å². The SMILES string of the molecule is CCOc1c(Cl)cccc1Cc1nc(CC(=O)NC)no1. The van der Waals surface area contributed by atoms with Gasteiger partial charge in [-0.3, -0.25) is 4.79 Å². The number of hydrogen-bond donors (Lipinski definition) is 1. The highest BCUT2D eigenvalue weighted by Crippen LogP contribution is 2.30. The first kappa shape index (κ1) is 15.3. The zero-order valence-corrected chi connectivity index (χ0v) is 12.6. The lowest BCUT2D eigenvalue weighted by molar-refractivity contribution is -0.120. The van der Waals surface area contributed by atoms with E-state index in [9.17, 15) is 4.79 Å². The predicted molar refractivity (Wildman–Crippen MR) is 77.5 cm³/mol. The van der Waals surface area contributed by atoms with E-state index in [4.69, 9.17) is 20.9 Å². The smallest absolute Gasteiger partial charge is 0.231 e.